The fourth-order valence-corrected chi connectivity index (χ4v) is 6.32. The SMILES string of the molecule is C[C@@H]1CN(Cc2cnc(-c3ccccc3C(=O)N3CCC(Nc4ccc(F)cc4)CC3)s2)C[C@H](C)N1. The van der Waals surface area contributed by atoms with Crippen LogP contribution in [-0.4, -0.2) is 65.0 Å². The Morgan fingerprint density at radius 3 is 2.50 bits per heavy atom. The molecule has 6 nitrogen and oxygen atoms in total. The maximum atomic E-state index is 13.5. The molecule has 1 aromatic heterocycles. The highest BCUT2D eigenvalue weighted by atomic mass is 32.1. The van der Waals surface area contributed by atoms with Gasteiger partial charge < -0.3 is 15.5 Å². The van der Waals surface area contributed by atoms with Crippen molar-refractivity contribution in [1.29, 1.82) is 0 Å². The van der Waals surface area contributed by atoms with Crippen molar-refractivity contribution >= 4 is 22.9 Å². The quantitative estimate of drug-likeness (QED) is 0.500. The van der Waals surface area contributed by atoms with E-state index in [1.807, 2.05) is 35.4 Å². The normalized spacial score (nSPS) is 21.5. The number of aromatic nitrogens is 1. The summed E-state index contributed by atoms with van der Waals surface area (Å²) in [7, 11) is 0. The zero-order valence-electron chi connectivity index (χ0n) is 20.9. The van der Waals surface area contributed by atoms with Crippen molar-refractivity contribution in [2.24, 2.45) is 0 Å². The number of likely N-dealkylation sites (tertiary alicyclic amines) is 1. The highest BCUT2D eigenvalue weighted by Crippen LogP contribution is 2.30. The molecule has 36 heavy (non-hydrogen) atoms. The standard InChI is InChI=1S/C28H34FN5OS/c1-19-16-33(17-20(2)31-19)18-24-15-30-27(36-24)25-5-3-4-6-26(25)28(35)34-13-11-23(12-14-34)32-22-9-7-21(29)8-10-22/h3-10,15,19-20,23,31-32H,11-14,16-18H2,1-2H3/t19-,20+. The van der Waals surface area contributed by atoms with Crippen molar-refractivity contribution in [1.82, 2.24) is 20.1 Å². The predicted octanol–water partition coefficient (Wildman–Crippen LogP) is 4.85. The van der Waals surface area contributed by atoms with Gasteiger partial charge in [-0.3, -0.25) is 9.69 Å². The molecule has 0 unspecified atom stereocenters. The predicted molar refractivity (Wildman–Crippen MR) is 144 cm³/mol. The Kier molecular flexibility index (Phi) is 7.65. The van der Waals surface area contributed by atoms with E-state index in [2.05, 4.69) is 29.4 Å². The van der Waals surface area contributed by atoms with Crippen molar-refractivity contribution in [3.05, 3.63) is 71.0 Å². The number of piperazine rings is 1. The molecule has 0 radical (unpaired) electrons. The summed E-state index contributed by atoms with van der Waals surface area (Å²) < 4.78 is 13.2. The summed E-state index contributed by atoms with van der Waals surface area (Å²) in [4.78, 5) is 23.9. The lowest BCUT2D eigenvalue weighted by Gasteiger charge is -2.35. The van der Waals surface area contributed by atoms with Gasteiger partial charge in [-0.2, -0.15) is 0 Å². The van der Waals surface area contributed by atoms with E-state index in [0.29, 0.717) is 30.7 Å². The summed E-state index contributed by atoms with van der Waals surface area (Å²) in [6, 6.07) is 15.5. The molecule has 8 heteroatoms. The maximum absolute atomic E-state index is 13.5. The van der Waals surface area contributed by atoms with E-state index >= 15 is 0 Å². The number of hydrogen-bond donors (Lipinski definition) is 2. The van der Waals surface area contributed by atoms with Crippen molar-refractivity contribution in [3.63, 3.8) is 0 Å². The minimum atomic E-state index is -0.236. The highest BCUT2D eigenvalue weighted by Gasteiger charge is 2.26. The van der Waals surface area contributed by atoms with E-state index in [1.54, 1.807) is 23.5 Å². The number of piperidine rings is 1. The van der Waals surface area contributed by atoms with Crippen LogP contribution in [0.1, 0.15) is 41.9 Å². The van der Waals surface area contributed by atoms with E-state index in [-0.39, 0.29) is 17.8 Å². The molecule has 2 N–H and O–H groups in total. The van der Waals surface area contributed by atoms with Crippen LogP contribution in [0.5, 0.6) is 0 Å². The molecule has 3 heterocycles. The van der Waals surface area contributed by atoms with Gasteiger partial charge in [-0.05, 0) is 57.0 Å². The number of hydrogen-bond acceptors (Lipinski definition) is 6. The molecule has 2 saturated heterocycles. The second-order valence-corrected chi connectivity index (χ2v) is 11.2. The smallest absolute Gasteiger partial charge is 0.254 e. The second kappa shape index (κ2) is 11.1. The van der Waals surface area contributed by atoms with Crippen molar-refractivity contribution in [2.75, 3.05) is 31.5 Å². The third-order valence-corrected chi connectivity index (χ3v) is 7.97. The van der Waals surface area contributed by atoms with E-state index in [0.717, 1.165) is 48.7 Å². The van der Waals surface area contributed by atoms with Gasteiger partial charge in [-0.1, -0.05) is 18.2 Å². The van der Waals surface area contributed by atoms with Gasteiger partial charge in [-0.25, -0.2) is 9.37 Å². The largest absolute Gasteiger partial charge is 0.382 e. The summed E-state index contributed by atoms with van der Waals surface area (Å²) in [5, 5.41) is 7.95. The third kappa shape index (κ3) is 5.94. The first-order chi connectivity index (χ1) is 17.4. The Bertz CT molecular complexity index is 1160. The lowest BCUT2D eigenvalue weighted by atomic mass is 10.0. The molecule has 0 bridgehead atoms. The molecule has 2 aromatic carbocycles. The molecule has 2 aliphatic rings. The van der Waals surface area contributed by atoms with Crippen LogP contribution in [-0.2, 0) is 6.54 Å². The Labute approximate surface area is 216 Å². The number of benzene rings is 2. The van der Waals surface area contributed by atoms with Crippen LogP contribution in [0.15, 0.2) is 54.7 Å². The topological polar surface area (TPSA) is 60.5 Å². The molecule has 0 saturated carbocycles. The summed E-state index contributed by atoms with van der Waals surface area (Å²) in [6.07, 6.45) is 3.67. The number of rotatable bonds is 6. The lowest BCUT2D eigenvalue weighted by molar-refractivity contribution is 0.0719. The average molecular weight is 508 g/mol. The summed E-state index contributed by atoms with van der Waals surface area (Å²) in [6.45, 7) is 8.77. The number of thiazole rings is 1. The number of amides is 1. The monoisotopic (exact) mass is 507 g/mol. The molecular formula is C28H34FN5OS. The lowest BCUT2D eigenvalue weighted by Crippen LogP contribution is -2.53. The molecule has 2 aliphatic heterocycles. The number of carbonyl (C=O) groups is 1. The van der Waals surface area contributed by atoms with Gasteiger partial charge in [0.15, 0.2) is 0 Å². The van der Waals surface area contributed by atoms with Gasteiger partial charge in [-0.15, -0.1) is 11.3 Å². The van der Waals surface area contributed by atoms with Gasteiger partial charge in [0.1, 0.15) is 10.8 Å². The van der Waals surface area contributed by atoms with E-state index in [4.69, 9.17) is 4.98 Å². The molecule has 0 aliphatic carbocycles. The zero-order chi connectivity index (χ0) is 25.1. The number of carbonyl (C=O) groups excluding carboxylic acids is 1. The Balaban J connectivity index is 1.23. The van der Waals surface area contributed by atoms with Gasteiger partial charge in [0.25, 0.3) is 5.91 Å². The fraction of sp³-hybridized carbons (Fsp3) is 0.429. The van der Waals surface area contributed by atoms with Crippen LogP contribution >= 0.6 is 11.3 Å². The molecule has 190 valence electrons. The highest BCUT2D eigenvalue weighted by molar-refractivity contribution is 7.15. The van der Waals surface area contributed by atoms with E-state index < -0.39 is 0 Å². The fourth-order valence-electron chi connectivity index (χ4n) is 5.33. The second-order valence-electron chi connectivity index (χ2n) is 10.1. The molecule has 2 fully saturated rings. The number of nitrogens with one attached hydrogen (secondary N) is 2. The minimum absolute atomic E-state index is 0.0623. The van der Waals surface area contributed by atoms with Crippen LogP contribution in [0.3, 0.4) is 0 Å². The van der Waals surface area contributed by atoms with Crippen LogP contribution in [0.2, 0.25) is 0 Å². The van der Waals surface area contributed by atoms with Gasteiger partial charge >= 0.3 is 0 Å². The Hall–Kier alpha value is -2.81. The van der Waals surface area contributed by atoms with Gasteiger partial charge in [0.2, 0.25) is 0 Å². The molecule has 2 atom stereocenters. The summed E-state index contributed by atoms with van der Waals surface area (Å²) >= 11 is 1.68. The average Bonchev–Trinajstić information content (AvgIpc) is 3.33. The van der Waals surface area contributed by atoms with Crippen molar-refractivity contribution in [2.45, 2.75) is 51.4 Å². The van der Waals surface area contributed by atoms with E-state index in [1.165, 1.54) is 17.0 Å². The number of halogens is 1. The number of nitrogens with zero attached hydrogens (tertiary/aromatic N) is 3. The van der Waals surface area contributed by atoms with Crippen molar-refractivity contribution < 1.29 is 9.18 Å². The van der Waals surface area contributed by atoms with Crippen molar-refractivity contribution in [3.8, 4) is 10.6 Å². The third-order valence-electron chi connectivity index (χ3n) is 6.95. The van der Waals surface area contributed by atoms with Crippen LogP contribution in [0.4, 0.5) is 10.1 Å². The zero-order valence-corrected chi connectivity index (χ0v) is 21.7. The molecule has 5 rings (SSSR count). The van der Waals surface area contributed by atoms with Crippen LogP contribution in [0.25, 0.3) is 10.6 Å². The molecule has 3 aromatic rings. The summed E-state index contributed by atoms with van der Waals surface area (Å²) in [5.41, 5.74) is 2.54. The molecular weight excluding hydrogens is 473 g/mol. The Morgan fingerprint density at radius 2 is 1.78 bits per heavy atom. The first-order valence-corrected chi connectivity index (χ1v) is 13.6. The summed E-state index contributed by atoms with van der Waals surface area (Å²) in [5.74, 6) is -0.174. The molecule has 1 amide bonds. The van der Waals surface area contributed by atoms with Crippen LogP contribution < -0.4 is 10.6 Å². The van der Waals surface area contributed by atoms with E-state index in [9.17, 15) is 9.18 Å². The molecule has 0 spiro atoms. The van der Waals surface area contributed by atoms with Gasteiger partial charge in [0.05, 0.1) is 0 Å². The van der Waals surface area contributed by atoms with Gasteiger partial charge in [0, 0.05) is 78.7 Å². The number of anilines is 1. The maximum Gasteiger partial charge on any atom is 0.254 e. The first-order valence-electron chi connectivity index (χ1n) is 12.8. The van der Waals surface area contributed by atoms with Crippen LogP contribution in [0, 0.1) is 5.82 Å². The minimum Gasteiger partial charge on any atom is -0.382 e. The Morgan fingerprint density at radius 1 is 1.08 bits per heavy atom. The first kappa shape index (κ1) is 24.9.